The number of esters is 1. The number of fused-ring (bicyclic) bond motifs is 3. The lowest BCUT2D eigenvalue weighted by Crippen LogP contribution is -2.47. The van der Waals surface area contributed by atoms with Gasteiger partial charge < -0.3 is 10.1 Å². The van der Waals surface area contributed by atoms with Gasteiger partial charge in [0.05, 0.1) is 12.8 Å². The Morgan fingerprint density at radius 1 is 0.958 bits per heavy atom. The van der Waals surface area contributed by atoms with Crippen molar-refractivity contribution in [2.75, 3.05) is 12.4 Å². The number of rotatable bonds is 2. The quantitative estimate of drug-likeness (QED) is 0.580. The van der Waals surface area contributed by atoms with Gasteiger partial charge in [0.15, 0.2) is 0 Å². The van der Waals surface area contributed by atoms with Crippen molar-refractivity contribution in [1.29, 1.82) is 0 Å². The van der Waals surface area contributed by atoms with E-state index >= 15 is 0 Å². The molecule has 0 spiro atoms. The first-order chi connectivity index (χ1) is 11.7. The zero-order chi connectivity index (χ0) is 16.7. The Labute approximate surface area is 139 Å². The predicted molar refractivity (Wildman–Crippen MR) is 92.0 cm³/mol. The standard InChI is InChI=1S/C20H15NO3/c1-24-19(23)20(14-8-3-2-4-9-14)18(22)16-12-11-13-7-5-6-10-15(13)17(16)21-20/h2-12,21H,1H3/t20-/m1/s1. The van der Waals surface area contributed by atoms with E-state index in [4.69, 9.17) is 4.74 Å². The van der Waals surface area contributed by atoms with Crippen LogP contribution in [0.5, 0.6) is 0 Å². The van der Waals surface area contributed by atoms with Crippen molar-refractivity contribution >= 4 is 28.2 Å². The van der Waals surface area contributed by atoms with Crippen LogP contribution in [-0.4, -0.2) is 18.9 Å². The fraction of sp³-hybridized carbons (Fsp3) is 0.100. The maximum atomic E-state index is 13.2. The minimum Gasteiger partial charge on any atom is -0.467 e. The highest BCUT2D eigenvalue weighted by Gasteiger charge is 2.54. The Hall–Kier alpha value is -3.14. The zero-order valence-electron chi connectivity index (χ0n) is 13.1. The average Bonchev–Trinajstić information content (AvgIpc) is 2.96. The van der Waals surface area contributed by atoms with E-state index < -0.39 is 11.5 Å². The summed E-state index contributed by atoms with van der Waals surface area (Å²) in [7, 11) is 1.29. The number of hydrogen-bond acceptors (Lipinski definition) is 4. The monoisotopic (exact) mass is 317 g/mol. The third-order valence-corrected chi connectivity index (χ3v) is 4.53. The van der Waals surface area contributed by atoms with Gasteiger partial charge in [0.25, 0.3) is 0 Å². The number of carbonyl (C=O) groups excluding carboxylic acids is 2. The summed E-state index contributed by atoms with van der Waals surface area (Å²) in [5.41, 5.74) is 0.208. The van der Waals surface area contributed by atoms with Crippen molar-refractivity contribution in [2.24, 2.45) is 0 Å². The molecule has 3 aromatic rings. The highest BCUT2D eigenvalue weighted by Crippen LogP contribution is 2.43. The van der Waals surface area contributed by atoms with E-state index in [9.17, 15) is 9.59 Å². The van der Waals surface area contributed by atoms with Crippen LogP contribution >= 0.6 is 0 Å². The first kappa shape index (κ1) is 14.5. The van der Waals surface area contributed by atoms with Crippen LogP contribution < -0.4 is 5.32 Å². The van der Waals surface area contributed by atoms with Gasteiger partial charge in [-0.3, -0.25) is 4.79 Å². The molecular weight excluding hydrogens is 302 g/mol. The van der Waals surface area contributed by atoms with Crippen molar-refractivity contribution < 1.29 is 14.3 Å². The van der Waals surface area contributed by atoms with Gasteiger partial charge in [0.2, 0.25) is 11.3 Å². The topological polar surface area (TPSA) is 55.4 Å². The van der Waals surface area contributed by atoms with E-state index in [2.05, 4.69) is 5.32 Å². The second-order valence-electron chi connectivity index (χ2n) is 5.77. The van der Waals surface area contributed by atoms with Crippen LogP contribution in [0, 0.1) is 0 Å². The lowest BCUT2D eigenvalue weighted by Gasteiger charge is -2.26. The Kier molecular flexibility index (Phi) is 3.13. The average molecular weight is 317 g/mol. The van der Waals surface area contributed by atoms with Crippen LogP contribution in [0.3, 0.4) is 0 Å². The van der Waals surface area contributed by atoms with E-state index in [-0.39, 0.29) is 5.78 Å². The van der Waals surface area contributed by atoms with Crippen molar-refractivity contribution in [3.63, 3.8) is 0 Å². The molecule has 1 aliphatic heterocycles. The molecule has 3 aromatic carbocycles. The normalized spacial score (nSPS) is 19.0. The van der Waals surface area contributed by atoms with Crippen LogP contribution in [-0.2, 0) is 15.1 Å². The maximum Gasteiger partial charge on any atom is 0.344 e. The minimum atomic E-state index is -1.54. The SMILES string of the molecule is COC(=O)[C@]1(c2ccccc2)Nc2c(ccc3ccccc23)C1=O. The fourth-order valence-corrected chi connectivity index (χ4v) is 3.35. The molecule has 4 rings (SSSR count). The Morgan fingerprint density at radius 2 is 1.67 bits per heavy atom. The van der Waals surface area contributed by atoms with E-state index in [0.29, 0.717) is 16.8 Å². The number of nitrogens with one attached hydrogen (secondary N) is 1. The highest BCUT2D eigenvalue weighted by molar-refractivity contribution is 6.27. The molecule has 0 bridgehead atoms. The number of benzene rings is 3. The summed E-state index contributed by atoms with van der Waals surface area (Å²) in [6.45, 7) is 0. The molecule has 4 nitrogen and oxygen atoms in total. The number of anilines is 1. The number of hydrogen-bond donors (Lipinski definition) is 1. The number of carbonyl (C=O) groups is 2. The molecule has 4 heteroatoms. The largest absolute Gasteiger partial charge is 0.467 e. The van der Waals surface area contributed by atoms with Crippen molar-refractivity contribution in [2.45, 2.75) is 5.54 Å². The van der Waals surface area contributed by atoms with Gasteiger partial charge in [-0.25, -0.2) is 4.79 Å². The number of Topliss-reactive ketones (excluding diaryl/α,β-unsaturated/α-hetero) is 1. The molecule has 0 amide bonds. The van der Waals surface area contributed by atoms with Gasteiger partial charge >= 0.3 is 5.97 Å². The molecule has 118 valence electrons. The van der Waals surface area contributed by atoms with Gasteiger partial charge in [-0.2, -0.15) is 0 Å². The highest BCUT2D eigenvalue weighted by atomic mass is 16.5. The Bertz CT molecular complexity index is 965. The van der Waals surface area contributed by atoms with Gasteiger partial charge in [-0.15, -0.1) is 0 Å². The van der Waals surface area contributed by atoms with Gasteiger partial charge in [0.1, 0.15) is 0 Å². The molecule has 0 radical (unpaired) electrons. The summed E-state index contributed by atoms with van der Waals surface area (Å²) in [6.07, 6.45) is 0. The van der Waals surface area contributed by atoms with Crippen LogP contribution in [0.15, 0.2) is 66.7 Å². The third-order valence-electron chi connectivity index (χ3n) is 4.53. The first-order valence-corrected chi connectivity index (χ1v) is 7.67. The molecule has 24 heavy (non-hydrogen) atoms. The number of methoxy groups -OCH3 is 1. The van der Waals surface area contributed by atoms with E-state index in [1.807, 2.05) is 36.4 Å². The summed E-state index contributed by atoms with van der Waals surface area (Å²) >= 11 is 0. The molecule has 1 aliphatic rings. The molecule has 1 atom stereocenters. The molecule has 0 aromatic heterocycles. The molecule has 0 saturated heterocycles. The molecule has 0 saturated carbocycles. The van der Waals surface area contributed by atoms with Crippen LogP contribution in [0.25, 0.3) is 10.8 Å². The Balaban J connectivity index is 1.99. The van der Waals surface area contributed by atoms with Crippen LogP contribution in [0.1, 0.15) is 15.9 Å². The summed E-state index contributed by atoms with van der Waals surface area (Å²) in [5.74, 6) is -0.903. The predicted octanol–water partition coefficient (Wildman–Crippen LogP) is 3.52. The minimum absolute atomic E-state index is 0.290. The van der Waals surface area contributed by atoms with E-state index in [0.717, 1.165) is 10.8 Å². The number of ketones is 1. The molecule has 0 aliphatic carbocycles. The lowest BCUT2D eigenvalue weighted by molar-refractivity contribution is -0.144. The van der Waals surface area contributed by atoms with Gasteiger partial charge in [0, 0.05) is 10.9 Å². The van der Waals surface area contributed by atoms with E-state index in [1.165, 1.54) is 7.11 Å². The third kappa shape index (κ3) is 1.80. The summed E-state index contributed by atoms with van der Waals surface area (Å²) in [5, 5.41) is 5.10. The smallest absolute Gasteiger partial charge is 0.344 e. The fourth-order valence-electron chi connectivity index (χ4n) is 3.35. The van der Waals surface area contributed by atoms with Crippen LogP contribution in [0.2, 0.25) is 0 Å². The molecule has 0 unspecified atom stereocenters. The Morgan fingerprint density at radius 3 is 2.42 bits per heavy atom. The first-order valence-electron chi connectivity index (χ1n) is 7.67. The molecule has 1 N–H and O–H groups in total. The maximum absolute atomic E-state index is 13.2. The summed E-state index contributed by atoms with van der Waals surface area (Å²) in [4.78, 5) is 25.8. The summed E-state index contributed by atoms with van der Waals surface area (Å²) in [6, 6.07) is 20.4. The van der Waals surface area contributed by atoms with Crippen molar-refractivity contribution in [3.05, 3.63) is 77.9 Å². The molecule has 1 heterocycles. The zero-order valence-corrected chi connectivity index (χ0v) is 13.1. The molecular formula is C20H15NO3. The van der Waals surface area contributed by atoms with Crippen molar-refractivity contribution in [3.8, 4) is 0 Å². The van der Waals surface area contributed by atoms with Gasteiger partial charge in [-0.1, -0.05) is 60.7 Å². The van der Waals surface area contributed by atoms with Crippen LogP contribution in [0.4, 0.5) is 5.69 Å². The van der Waals surface area contributed by atoms with Gasteiger partial charge in [-0.05, 0) is 17.0 Å². The van der Waals surface area contributed by atoms with E-state index in [1.54, 1.807) is 30.3 Å². The second kappa shape index (κ2) is 5.20. The number of ether oxygens (including phenoxy) is 1. The lowest BCUT2D eigenvalue weighted by atomic mass is 9.85. The van der Waals surface area contributed by atoms with Crippen molar-refractivity contribution in [1.82, 2.24) is 0 Å². The molecule has 0 fully saturated rings. The second-order valence-corrected chi connectivity index (χ2v) is 5.77. The summed E-state index contributed by atoms with van der Waals surface area (Å²) < 4.78 is 4.98.